The minimum absolute atomic E-state index is 0.392. The van der Waals surface area contributed by atoms with Crippen molar-refractivity contribution in [3.8, 4) is 0 Å². The van der Waals surface area contributed by atoms with Crippen LogP contribution in [0.4, 0.5) is 0 Å². The summed E-state index contributed by atoms with van der Waals surface area (Å²) in [5.41, 5.74) is 5.08. The summed E-state index contributed by atoms with van der Waals surface area (Å²) in [6, 6.07) is -1.35. The second kappa shape index (κ2) is 5.18. The standard InChI is InChI=1S/C7H11NO6/c8-4(7(13)14)1-3(6(11)12)2-5(9)10/h3-4H,1-2,8H2,(H,9,10)(H,11,12)(H,13,14)/t3?,4-/m0/s1. The Morgan fingerprint density at radius 3 is 1.86 bits per heavy atom. The third kappa shape index (κ3) is 4.41. The van der Waals surface area contributed by atoms with Crippen LogP contribution in [0.25, 0.3) is 0 Å². The van der Waals surface area contributed by atoms with Gasteiger partial charge in [0.2, 0.25) is 0 Å². The van der Waals surface area contributed by atoms with Crippen LogP contribution < -0.4 is 5.73 Å². The SMILES string of the molecule is N[C@@H](CC(CC(=O)O)C(=O)O)C(=O)O. The van der Waals surface area contributed by atoms with Crippen LogP contribution in [0.5, 0.6) is 0 Å². The van der Waals surface area contributed by atoms with Crippen molar-refractivity contribution in [1.29, 1.82) is 0 Å². The minimum atomic E-state index is -1.36. The second-order valence-corrected chi connectivity index (χ2v) is 2.81. The first-order valence-electron chi connectivity index (χ1n) is 3.77. The van der Waals surface area contributed by atoms with Crippen LogP contribution in [0.1, 0.15) is 12.8 Å². The smallest absolute Gasteiger partial charge is 0.320 e. The van der Waals surface area contributed by atoms with Crippen LogP contribution in [-0.4, -0.2) is 39.3 Å². The summed E-state index contributed by atoms with van der Waals surface area (Å²) in [4.78, 5) is 31.0. The van der Waals surface area contributed by atoms with Gasteiger partial charge in [-0.05, 0) is 6.42 Å². The summed E-state index contributed by atoms with van der Waals surface area (Å²) >= 11 is 0. The molecule has 0 amide bonds. The highest BCUT2D eigenvalue weighted by molar-refractivity contribution is 5.79. The Labute approximate surface area is 79.1 Å². The highest BCUT2D eigenvalue weighted by atomic mass is 16.4. The van der Waals surface area contributed by atoms with Crippen molar-refractivity contribution in [2.45, 2.75) is 18.9 Å². The molecule has 0 aromatic carbocycles. The maximum absolute atomic E-state index is 10.5. The van der Waals surface area contributed by atoms with Gasteiger partial charge in [-0.1, -0.05) is 0 Å². The predicted molar refractivity (Wildman–Crippen MR) is 43.6 cm³/mol. The van der Waals surface area contributed by atoms with Crippen molar-refractivity contribution < 1.29 is 29.7 Å². The van der Waals surface area contributed by atoms with Crippen LogP contribution in [0.15, 0.2) is 0 Å². The first-order valence-corrected chi connectivity index (χ1v) is 3.77. The maximum Gasteiger partial charge on any atom is 0.320 e. The molecular formula is C7H11NO6. The highest BCUT2D eigenvalue weighted by Gasteiger charge is 2.26. The molecule has 0 bridgehead atoms. The Morgan fingerprint density at radius 2 is 1.57 bits per heavy atom. The molecular weight excluding hydrogens is 194 g/mol. The molecule has 0 aliphatic rings. The van der Waals surface area contributed by atoms with Crippen molar-refractivity contribution in [3.63, 3.8) is 0 Å². The molecule has 14 heavy (non-hydrogen) atoms. The van der Waals surface area contributed by atoms with E-state index >= 15 is 0 Å². The fourth-order valence-corrected chi connectivity index (χ4v) is 0.890. The van der Waals surface area contributed by atoms with E-state index in [4.69, 9.17) is 21.1 Å². The first-order chi connectivity index (χ1) is 6.34. The summed E-state index contributed by atoms with van der Waals surface area (Å²) in [5.74, 6) is -5.26. The average molecular weight is 205 g/mol. The van der Waals surface area contributed by atoms with Crippen molar-refractivity contribution in [2.75, 3.05) is 0 Å². The molecule has 5 N–H and O–H groups in total. The van der Waals surface area contributed by atoms with Crippen LogP contribution in [0.3, 0.4) is 0 Å². The Morgan fingerprint density at radius 1 is 1.07 bits per heavy atom. The van der Waals surface area contributed by atoms with Crippen LogP contribution >= 0.6 is 0 Å². The third-order valence-electron chi connectivity index (χ3n) is 1.63. The lowest BCUT2D eigenvalue weighted by Crippen LogP contribution is -2.35. The molecule has 1 unspecified atom stereocenters. The predicted octanol–water partition coefficient (Wildman–Crippen LogP) is -1.04. The Kier molecular flexibility index (Phi) is 4.57. The van der Waals surface area contributed by atoms with Crippen molar-refractivity contribution in [3.05, 3.63) is 0 Å². The van der Waals surface area contributed by atoms with Crippen molar-refractivity contribution >= 4 is 17.9 Å². The molecule has 0 spiro atoms. The molecule has 0 saturated heterocycles. The van der Waals surface area contributed by atoms with Crippen molar-refractivity contribution in [1.82, 2.24) is 0 Å². The van der Waals surface area contributed by atoms with E-state index in [1.807, 2.05) is 0 Å². The molecule has 7 heteroatoms. The van der Waals surface area contributed by atoms with Gasteiger partial charge in [0.1, 0.15) is 6.04 Å². The molecule has 0 aromatic heterocycles. The summed E-state index contributed by atoms with van der Waals surface area (Å²) in [5, 5.41) is 25.3. The fourth-order valence-electron chi connectivity index (χ4n) is 0.890. The van der Waals surface area contributed by atoms with Crippen LogP contribution in [-0.2, 0) is 14.4 Å². The number of hydrogen-bond acceptors (Lipinski definition) is 4. The van der Waals surface area contributed by atoms with Crippen LogP contribution in [0, 0.1) is 5.92 Å². The molecule has 0 rings (SSSR count). The maximum atomic E-state index is 10.5. The normalized spacial score (nSPS) is 14.4. The number of carboxylic acids is 3. The monoisotopic (exact) mass is 205 g/mol. The van der Waals surface area contributed by atoms with E-state index in [9.17, 15) is 14.4 Å². The lowest BCUT2D eigenvalue weighted by molar-refractivity contribution is -0.149. The molecule has 0 aliphatic carbocycles. The molecule has 0 fully saturated rings. The topological polar surface area (TPSA) is 138 Å². The Bertz CT molecular complexity index is 251. The Hall–Kier alpha value is -1.63. The van der Waals surface area contributed by atoms with Gasteiger partial charge in [-0.2, -0.15) is 0 Å². The zero-order chi connectivity index (χ0) is 11.3. The molecule has 80 valence electrons. The average Bonchev–Trinajstić information content (AvgIpc) is 2.01. The molecule has 0 radical (unpaired) electrons. The lowest BCUT2D eigenvalue weighted by atomic mass is 9.97. The zero-order valence-corrected chi connectivity index (χ0v) is 7.21. The molecule has 2 atom stereocenters. The van der Waals surface area contributed by atoms with Gasteiger partial charge in [0.15, 0.2) is 0 Å². The number of hydrogen-bond donors (Lipinski definition) is 4. The summed E-state index contributed by atoms with van der Waals surface area (Å²) < 4.78 is 0. The van der Waals surface area contributed by atoms with E-state index in [0.29, 0.717) is 0 Å². The molecule has 0 saturated carbocycles. The number of carbonyl (C=O) groups is 3. The number of carboxylic acid groups (broad SMARTS) is 3. The summed E-state index contributed by atoms with van der Waals surface area (Å²) in [7, 11) is 0. The van der Waals surface area contributed by atoms with E-state index < -0.39 is 42.7 Å². The molecule has 0 heterocycles. The van der Waals surface area contributed by atoms with Gasteiger partial charge in [-0.25, -0.2) is 0 Å². The van der Waals surface area contributed by atoms with Gasteiger partial charge in [0.05, 0.1) is 12.3 Å². The fraction of sp³-hybridized carbons (Fsp3) is 0.571. The molecule has 7 nitrogen and oxygen atoms in total. The van der Waals surface area contributed by atoms with E-state index in [-0.39, 0.29) is 0 Å². The van der Waals surface area contributed by atoms with Gasteiger partial charge in [0, 0.05) is 0 Å². The van der Waals surface area contributed by atoms with Gasteiger partial charge in [-0.3, -0.25) is 14.4 Å². The molecule has 0 aromatic rings. The second-order valence-electron chi connectivity index (χ2n) is 2.81. The quantitative estimate of drug-likeness (QED) is 0.434. The number of nitrogens with two attached hydrogens (primary N) is 1. The van der Waals surface area contributed by atoms with Gasteiger partial charge >= 0.3 is 17.9 Å². The summed E-state index contributed by atoms with van der Waals surface area (Å²) in [6.07, 6.45) is -1.02. The van der Waals surface area contributed by atoms with Gasteiger partial charge in [-0.15, -0.1) is 0 Å². The van der Waals surface area contributed by atoms with Crippen LogP contribution in [0.2, 0.25) is 0 Å². The first kappa shape index (κ1) is 12.4. The largest absolute Gasteiger partial charge is 0.481 e. The van der Waals surface area contributed by atoms with Gasteiger partial charge in [0.25, 0.3) is 0 Å². The summed E-state index contributed by atoms with van der Waals surface area (Å²) in [6.45, 7) is 0. The lowest BCUT2D eigenvalue weighted by Gasteiger charge is -2.12. The Balaban J connectivity index is 4.30. The van der Waals surface area contributed by atoms with E-state index in [1.165, 1.54) is 0 Å². The number of rotatable bonds is 6. The third-order valence-corrected chi connectivity index (χ3v) is 1.63. The van der Waals surface area contributed by atoms with E-state index in [2.05, 4.69) is 0 Å². The van der Waals surface area contributed by atoms with E-state index in [1.54, 1.807) is 0 Å². The molecule has 0 aliphatic heterocycles. The van der Waals surface area contributed by atoms with Gasteiger partial charge < -0.3 is 21.1 Å². The highest BCUT2D eigenvalue weighted by Crippen LogP contribution is 2.11. The number of aliphatic carboxylic acids is 3. The van der Waals surface area contributed by atoms with E-state index in [0.717, 1.165) is 0 Å². The minimum Gasteiger partial charge on any atom is -0.481 e. The van der Waals surface area contributed by atoms with Crippen molar-refractivity contribution in [2.24, 2.45) is 11.7 Å². The zero-order valence-electron chi connectivity index (χ0n) is 7.21.